The van der Waals surface area contributed by atoms with Gasteiger partial charge in [-0.2, -0.15) is 0 Å². The number of amides is 2. The first-order valence-electron chi connectivity index (χ1n) is 6.68. The van der Waals surface area contributed by atoms with E-state index in [1.807, 2.05) is 0 Å². The van der Waals surface area contributed by atoms with Crippen molar-refractivity contribution < 1.29 is 9.72 Å². The van der Waals surface area contributed by atoms with Gasteiger partial charge in [0, 0.05) is 25.4 Å². The van der Waals surface area contributed by atoms with Crippen LogP contribution in [0, 0.1) is 10.1 Å². The van der Waals surface area contributed by atoms with Crippen LogP contribution in [0.4, 0.5) is 16.3 Å². The van der Waals surface area contributed by atoms with Crippen molar-refractivity contribution in [2.45, 2.75) is 13.0 Å². The number of benzene rings is 1. The van der Waals surface area contributed by atoms with Crippen LogP contribution in [0.15, 0.2) is 48.7 Å². The Morgan fingerprint density at radius 3 is 2.73 bits per heavy atom. The average Bonchev–Trinajstić information content (AvgIpc) is 2.54. The van der Waals surface area contributed by atoms with Gasteiger partial charge >= 0.3 is 6.03 Å². The molecule has 2 amide bonds. The molecule has 1 N–H and O–H groups in total. The van der Waals surface area contributed by atoms with Crippen molar-refractivity contribution in [1.29, 1.82) is 0 Å². The van der Waals surface area contributed by atoms with E-state index in [9.17, 15) is 14.9 Å². The highest BCUT2D eigenvalue weighted by Crippen LogP contribution is 2.23. The molecule has 0 spiro atoms. The summed E-state index contributed by atoms with van der Waals surface area (Å²) in [6.45, 7) is 1.80. The fraction of sp³-hybridized carbons (Fsp3) is 0.200. The second kappa shape index (κ2) is 6.66. The van der Waals surface area contributed by atoms with Crippen LogP contribution in [0.1, 0.15) is 18.5 Å². The highest BCUT2D eigenvalue weighted by atomic mass is 16.6. The van der Waals surface area contributed by atoms with Gasteiger partial charge in [0.1, 0.15) is 5.82 Å². The standard InChI is InChI=1S/C15H16N4O3/c1-11(12-6-5-7-13(10-12)19(21)22)18(2)15(20)17-14-8-3-4-9-16-14/h3-11H,1-2H3,(H,16,17,20)/t11-/m0/s1. The number of pyridine rings is 1. The number of nitrogens with one attached hydrogen (secondary N) is 1. The van der Waals surface area contributed by atoms with Crippen LogP contribution in [0.25, 0.3) is 0 Å². The monoisotopic (exact) mass is 300 g/mol. The summed E-state index contributed by atoms with van der Waals surface area (Å²) in [6, 6.07) is 10.8. The van der Waals surface area contributed by atoms with E-state index < -0.39 is 4.92 Å². The van der Waals surface area contributed by atoms with Crippen LogP contribution in [0.3, 0.4) is 0 Å². The van der Waals surface area contributed by atoms with Gasteiger partial charge in [-0.3, -0.25) is 15.4 Å². The summed E-state index contributed by atoms with van der Waals surface area (Å²) in [6.07, 6.45) is 1.58. The number of carbonyl (C=O) groups excluding carboxylic acids is 1. The van der Waals surface area contributed by atoms with Crippen LogP contribution < -0.4 is 5.32 Å². The maximum absolute atomic E-state index is 12.2. The zero-order valence-corrected chi connectivity index (χ0v) is 12.3. The van der Waals surface area contributed by atoms with E-state index in [1.165, 1.54) is 17.0 Å². The molecule has 1 atom stereocenters. The van der Waals surface area contributed by atoms with Gasteiger partial charge in [-0.05, 0) is 24.6 Å². The molecular weight excluding hydrogens is 284 g/mol. The van der Waals surface area contributed by atoms with E-state index in [-0.39, 0.29) is 17.8 Å². The number of urea groups is 1. The van der Waals surface area contributed by atoms with Crippen molar-refractivity contribution in [1.82, 2.24) is 9.88 Å². The molecule has 2 aromatic rings. The van der Waals surface area contributed by atoms with E-state index in [4.69, 9.17) is 0 Å². The Morgan fingerprint density at radius 1 is 1.32 bits per heavy atom. The smallest absolute Gasteiger partial charge is 0.321 e. The summed E-state index contributed by atoms with van der Waals surface area (Å²) < 4.78 is 0. The van der Waals surface area contributed by atoms with Crippen molar-refractivity contribution in [2.75, 3.05) is 12.4 Å². The van der Waals surface area contributed by atoms with Crippen molar-refractivity contribution in [3.05, 3.63) is 64.3 Å². The lowest BCUT2D eigenvalue weighted by molar-refractivity contribution is -0.384. The molecule has 1 aromatic carbocycles. The van der Waals surface area contributed by atoms with Gasteiger partial charge in [0.05, 0.1) is 11.0 Å². The number of nitrogens with zero attached hydrogens (tertiary/aromatic N) is 3. The molecule has 1 aromatic heterocycles. The van der Waals surface area contributed by atoms with Crippen molar-refractivity contribution in [3.8, 4) is 0 Å². The molecule has 0 aliphatic heterocycles. The van der Waals surface area contributed by atoms with Crippen molar-refractivity contribution in [3.63, 3.8) is 0 Å². The molecule has 0 unspecified atom stereocenters. The minimum Gasteiger partial charge on any atom is -0.321 e. The van der Waals surface area contributed by atoms with Crippen LogP contribution in [-0.2, 0) is 0 Å². The summed E-state index contributed by atoms with van der Waals surface area (Å²) in [5.41, 5.74) is 0.691. The molecule has 1 heterocycles. The predicted octanol–water partition coefficient (Wildman–Crippen LogP) is 3.21. The van der Waals surface area contributed by atoms with Crippen molar-refractivity contribution >= 4 is 17.5 Å². The summed E-state index contributed by atoms with van der Waals surface area (Å²) in [5.74, 6) is 0.450. The number of hydrogen-bond donors (Lipinski definition) is 1. The van der Waals surface area contributed by atoms with Gasteiger partial charge in [0.2, 0.25) is 0 Å². The van der Waals surface area contributed by atoms with E-state index in [0.29, 0.717) is 11.4 Å². The fourth-order valence-electron chi connectivity index (χ4n) is 1.93. The van der Waals surface area contributed by atoms with Crippen LogP contribution in [0.2, 0.25) is 0 Å². The number of rotatable bonds is 4. The maximum Gasteiger partial charge on any atom is 0.323 e. The Hall–Kier alpha value is -2.96. The summed E-state index contributed by atoms with van der Waals surface area (Å²) in [7, 11) is 1.63. The number of aromatic nitrogens is 1. The van der Waals surface area contributed by atoms with Gasteiger partial charge in [0.15, 0.2) is 0 Å². The Morgan fingerprint density at radius 2 is 2.09 bits per heavy atom. The summed E-state index contributed by atoms with van der Waals surface area (Å²) >= 11 is 0. The van der Waals surface area contributed by atoms with E-state index in [2.05, 4.69) is 10.3 Å². The zero-order chi connectivity index (χ0) is 16.1. The van der Waals surface area contributed by atoms with Crippen LogP contribution >= 0.6 is 0 Å². The second-order valence-corrected chi connectivity index (χ2v) is 4.78. The summed E-state index contributed by atoms with van der Waals surface area (Å²) in [4.78, 5) is 28.0. The van der Waals surface area contributed by atoms with Gasteiger partial charge < -0.3 is 4.90 Å². The predicted molar refractivity (Wildman–Crippen MR) is 82.5 cm³/mol. The Kier molecular flexibility index (Phi) is 4.67. The molecule has 7 heteroatoms. The highest BCUT2D eigenvalue weighted by Gasteiger charge is 2.19. The number of nitro groups is 1. The molecule has 0 radical (unpaired) electrons. The molecule has 0 aliphatic rings. The first-order valence-corrected chi connectivity index (χ1v) is 6.68. The molecule has 22 heavy (non-hydrogen) atoms. The number of nitro benzene ring substituents is 1. The van der Waals surface area contributed by atoms with Gasteiger partial charge in [-0.1, -0.05) is 18.2 Å². The largest absolute Gasteiger partial charge is 0.323 e. The number of carbonyl (C=O) groups is 1. The topological polar surface area (TPSA) is 88.4 Å². The third-order valence-electron chi connectivity index (χ3n) is 3.36. The minimum absolute atomic E-state index is 0.00267. The average molecular weight is 300 g/mol. The highest BCUT2D eigenvalue weighted by molar-refractivity contribution is 5.88. The normalized spacial score (nSPS) is 11.5. The molecule has 0 saturated carbocycles. The third-order valence-corrected chi connectivity index (χ3v) is 3.36. The van der Waals surface area contributed by atoms with Crippen LogP contribution in [-0.4, -0.2) is 27.9 Å². The number of hydrogen-bond acceptors (Lipinski definition) is 4. The number of anilines is 1. The van der Waals surface area contributed by atoms with Crippen molar-refractivity contribution in [2.24, 2.45) is 0 Å². The molecule has 2 rings (SSSR count). The van der Waals surface area contributed by atoms with Crippen LogP contribution in [0.5, 0.6) is 0 Å². The Balaban J connectivity index is 2.11. The quantitative estimate of drug-likeness (QED) is 0.693. The van der Waals surface area contributed by atoms with Gasteiger partial charge in [-0.25, -0.2) is 9.78 Å². The Bertz CT molecular complexity index is 675. The fourth-order valence-corrected chi connectivity index (χ4v) is 1.93. The third kappa shape index (κ3) is 3.57. The first-order chi connectivity index (χ1) is 10.5. The minimum atomic E-state index is -0.454. The van der Waals surface area contributed by atoms with Gasteiger partial charge in [0.25, 0.3) is 5.69 Å². The van der Waals surface area contributed by atoms with E-state index in [1.54, 1.807) is 50.5 Å². The molecule has 0 saturated heterocycles. The first kappa shape index (κ1) is 15.4. The molecule has 114 valence electrons. The van der Waals surface area contributed by atoms with Gasteiger partial charge in [-0.15, -0.1) is 0 Å². The summed E-state index contributed by atoms with van der Waals surface area (Å²) in [5, 5.41) is 13.5. The molecular formula is C15H16N4O3. The molecule has 0 fully saturated rings. The molecule has 0 aliphatic carbocycles. The lowest BCUT2D eigenvalue weighted by Gasteiger charge is -2.25. The SMILES string of the molecule is C[C@@H](c1cccc([N+](=O)[O-])c1)N(C)C(=O)Nc1ccccn1. The zero-order valence-electron chi connectivity index (χ0n) is 12.3. The lowest BCUT2D eigenvalue weighted by Crippen LogP contribution is -2.33. The Labute approximate surface area is 127 Å². The number of non-ortho nitro benzene ring substituents is 1. The molecule has 0 bridgehead atoms. The second-order valence-electron chi connectivity index (χ2n) is 4.78. The van der Waals surface area contributed by atoms with E-state index in [0.717, 1.165) is 0 Å². The van der Waals surface area contributed by atoms with E-state index >= 15 is 0 Å². The maximum atomic E-state index is 12.2. The lowest BCUT2D eigenvalue weighted by atomic mass is 10.1. The molecule has 7 nitrogen and oxygen atoms in total.